The Kier molecular flexibility index (Phi) is 5.36. The second-order valence-corrected chi connectivity index (χ2v) is 7.71. The van der Waals surface area contributed by atoms with Gasteiger partial charge in [0.05, 0.1) is 30.5 Å². The van der Waals surface area contributed by atoms with Crippen LogP contribution in [0, 0.1) is 0 Å². The number of methoxy groups -OCH3 is 1. The van der Waals surface area contributed by atoms with Gasteiger partial charge in [0.2, 0.25) is 5.91 Å². The van der Waals surface area contributed by atoms with Crippen molar-refractivity contribution in [3.8, 4) is 11.5 Å². The molecule has 2 aliphatic rings. The van der Waals surface area contributed by atoms with E-state index in [4.69, 9.17) is 9.47 Å². The van der Waals surface area contributed by atoms with Gasteiger partial charge in [-0.25, -0.2) is 4.79 Å². The van der Waals surface area contributed by atoms with E-state index in [2.05, 4.69) is 15.6 Å². The van der Waals surface area contributed by atoms with Gasteiger partial charge in [-0.2, -0.15) is 0 Å². The maximum atomic E-state index is 12.0. The molecule has 1 aliphatic carbocycles. The summed E-state index contributed by atoms with van der Waals surface area (Å²) in [7, 11) is 1.35. The number of pyridine rings is 1. The number of carbonyl (C=O) groups excluding carboxylic acids is 2. The molecule has 33 heavy (non-hydrogen) atoms. The summed E-state index contributed by atoms with van der Waals surface area (Å²) >= 11 is 0. The zero-order valence-electron chi connectivity index (χ0n) is 17.9. The molecule has 1 aromatic heterocycles. The highest BCUT2D eigenvalue weighted by Crippen LogP contribution is 2.37. The number of nitrogens with zero attached hydrogens (tertiary/aromatic N) is 1. The molecule has 2 aromatic carbocycles. The summed E-state index contributed by atoms with van der Waals surface area (Å²) in [4.78, 5) is 28.1. The summed E-state index contributed by atoms with van der Waals surface area (Å²) in [5.41, 5.74) is 6.25. The molecule has 1 amide bonds. The lowest BCUT2D eigenvalue weighted by atomic mass is 9.89. The highest BCUT2D eigenvalue weighted by atomic mass is 16.5. The van der Waals surface area contributed by atoms with Crippen LogP contribution < -0.4 is 15.4 Å². The van der Waals surface area contributed by atoms with Gasteiger partial charge in [0.25, 0.3) is 0 Å². The summed E-state index contributed by atoms with van der Waals surface area (Å²) in [5.74, 6) is 0.908. The second kappa shape index (κ2) is 8.63. The molecule has 0 unspecified atom stereocenters. The van der Waals surface area contributed by atoms with E-state index in [-0.39, 0.29) is 11.9 Å². The molecule has 5 rings (SSSR count). The number of amides is 1. The molecule has 7 heteroatoms. The summed E-state index contributed by atoms with van der Waals surface area (Å²) in [6.07, 6.45) is 4.71. The van der Waals surface area contributed by atoms with Gasteiger partial charge in [-0.3, -0.25) is 9.78 Å². The summed E-state index contributed by atoms with van der Waals surface area (Å²) < 4.78 is 10.5. The third kappa shape index (κ3) is 4.21. The zero-order chi connectivity index (χ0) is 22.8. The number of carbonyl (C=O) groups is 2. The largest absolute Gasteiger partial charge is 0.465 e. The lowest BCUT2D eigenvalue weighted by molar-refractivity contribution is -0.118. The fourth-order valence-corrected chi connectivity index (χ4v) is 3.96. The van der Waals surface area contributed by atoms with E-state index in [0.717, 1.165) is 33.8 Å². The van der Waals surface area contributed by atoms with Crippen molar-refractivity contribution in [2.24, 2.45) is 0 Å². The molecule has 164 valence electrons. The van der Waals surface area contributed by atoms with Gasteiger partial charge >= 0.3 is 5.97 Å². The summed E-state index contributed by atoms with van der Waals surface area (Å²) in [5, 5.41) is 6.30. The maximum absolute atomic E-state index is 12.0. The number of hydrogen-bond acceptors (Lipinski definition) is 6. The molecule has 0 saturated heterocycles. The number of anilines is 1. The Labute approximate surface area is 190 Å². The summed E-state index contributed by atoms with van der Waals surface area (Å²) in [6.45, 7) is 0. The number of rotatable bonds is 5. The minimum Gasteiger partial charge on any atom is -0.465 e. The highest BCUT2D eigenvalue weighted by Gasteiger charge is 2.30. The van der Waals surface area contributed by atoms with Crippen molar-refractivity contribution in [2.45, 2.75) is 12.8 Å². The van der Waals surface area contributed by atoms with Gasteiger partial charge in [0.1, 0.15) is 11.5 Å². The maximum Gasteiger partial charge on any atom is 0.337 e. The molecule has 0 fully saturated rings. The molecule has 2 N–H and O–H groups in total. The van der Waals surface area contributed by atoms with Crippen LogP contribution in [-0.2, 0) is 16.0 Å². The molecule has 3 aromatic rings. The third-order valence-corrected chi connectivity index (χ3v) is 5.58. The van der Waals surface area contributed by atoms with Crippen molar-refractivity contribution in [2.75, 3.05) is 12.4 Å². The number of allylic oxidation sites excluding steroid dienone is 1. The average molecular weight is 439 g/mol. The highest BCUT2D eigenvalue weighted by molar-refractivity contribution is 5.99. The SMILES string of the molecule is COC(=O)c1ccc(Oc2ccc(NC=C3Cc4ncccc4C4=C3NC(=O)C4)cc2)cc1. The predicted molar refractivity (Wildman–Crippen MR) is 124 cm³/mol. The van der Waals surface area contributed by atoms with Crippen molar-refractivity contribution in [1.29, 1.82) is 0 Å². The van der Waals surface area contributed by atoms with E-state index in [1.165, 1.54) is 7.11 Å². The van der Waals surface area contributed by atoms with E-state index >= 15 is 0 Å². The molecule has 2 heterocycles. The van der Waals surface area contributed by atoms with E-state index in [1.54, 1.807) is 30.5 Å². The minimum absolute atomic E-state index is 0.00345. The molecule has 0 bridgehead atoms. The van der Waals surface area contributed by atoms with Gasteiger partial charge in [0.15, 0.2) is 0 Å². The van der Waals surface area contributed by atoms with Crippen LogP contribution in [0.15, 0.2) is 84.3 Å². The Hall–Kier alpha value is -4.39. The van der Waals surface area contributed by atoms with Crippen molar-refractivity contribution in [1.82, 2.24) is 10.3 Å². The lowest BCUT2D eigenvalue weighted by Gasteiger charge is -2.20. The lowest BCUT2D eigenvalue weighted by Crippen LogP contribution is -2.19. The average Bonchev–Trinajstić information content (AvgIpc) is 3.25. The Balaban J connectivity index is 1.28. The van der Waals surface area contributed by atoms with Crippen LogP contribution in [0.1, 0.15) is 28.0 Å². The first-order valence-electron chi connectivity index (χ1n) is 10.5. The van der Waals surface area contributed by atoms with Crippen molar-refractivity contribution < 1.29 is 19.1 Å². The first kappa shape index (κ1) is 20.5. The van der Waals surface area contributed by atoms with Gasteiger partial charge in [-0.15, -0.1) is 0 Å². The van der Waals surface area contributed by atoms with E-state index in [0.29, 0.717) is 29.9 Å². The Morgan fingerprint density at radius 2 is 1.76 bits per heavy atom. The quantitative estimate of drug-likeness (QED) is 0.571. The van der Waals surface area contributed by atoms with E-state index < -0.39 is 0 Å². The van der Waals surface area contributed by atoms with Crippen LogP contribution in [0.2, 0.25) is 0 Å². The number of nitrogens with one attached hydrogen (secondary N) is 2. The van der Waals surface area contributed by atoms with Gasteiger partial charge < -0.3 is 20.1 Å². The first-order chi connectivity index (χ1) is 16.1. The van der Waals surface area contributed by atoms with Crippen molar-refractivity contribution in [3.63, 3.8) is 0 Å². The van der Waals surface area contributed by atoms with Gasteiger partial charge in [-0.1, -0.05) is 6.07 Å². The summed E-state index contributed by atoms with van der Waals surface area (Å²) in [6, 6.07) is 18.2. The normalized spacial score (nSPS) is 15.5. The fourth-order valence-electron chi connectivity index (χ4n) is 3.96. The molecular weight excluding hydrogens is 418 g/mol. The predicted octanol–water partition coefficient (Wildman–Crippen LogP) is 4.44. The topological polar surface area (TPSA) is 89.6 Å². The van der Waals surface area contributed by atoms with Crippen LogP contribution in [0.5, 0.6) is 11.5 Å². The number of hydrogen-bond donors (Lipinski definition) is 2. The van der Waals surface area contributed by atoms with Crippen LogP contribution >= 0.6 is 0 Å². The minimum atomic E-state index is -0.386. The van der Waals surface area contributed by atoms with E-state index in [9.17, 15) is 9.59 Å². The first-order valence-corrected chi connectivity index (χ1v) is 10.5. The third-order valence-electron chi connectivity index (χ3n) is 5.58. The van der Waals surface area contributed by atoms with Crippen molar-refractivity contribution in [3.05, 3.63) is 101 Å². The second-order valence-electron chi connectivity index (χ2n) is 7.71. The van der Waals surface area contributed by atoms with E-state index in [1.807, 2.05) is 42.6 Å². The van der Waals surface area contributed by atoms with Gasteiger partial charge in [-0.05, 0) is 65.7 Å². The number of ether oxygens (including phenoxy) is 2. The number of aromatic nitrogens is 1. The standard InChI is InChI=1S/C26H21N3O4/c1-32-26(31)16-4-8-19(9-5-16)33-20-10-6-18(7-11-20)28-15-17-13-23-21(3-2-12-27-23)22-14-24(30)29-25(17)22/h2-12,15,28H,13-14H2,1H3,(H,29,30). The smallest absolute Gasteiger partial charge is 0.337 e. The number of fused-ring (bicyclic) bond motifs is 2. The monoisotopic (exact) mass is 439 g/mol. The molecule has 0 saturated carbocycles. The molecule has 0 spiro atoms. The molecule has 1 aliphatic heterocycles. The number of benzene rings is 2. The van der Waals surface area contributed by atoms with Crippen LogP contribution in [0.3, 0.4) is 0 Å². The van der Waals surface area contributed by atoms with Crippen LogP contribution in [-0.4, -0.2) is 24.0 Å². The Bertz CT molecular complexity index is 1290. The van der Waals surface area contributed by atoms with Crippen LogP contribution in [0.25, 0.3) is 5.57 Å². The Morgan fingerprint density at radius 3 is 2.48 bits per heavy atom. The molecule has 0 atom stereocenters. The van der Waals surface area contributed by atoms with Gasteiger partial charge in [0, 0.05) is 30.1 Å². The molecule has 0 radical (unpaired) electrons. The molecular formula is C26H21N3O4. The zero-order valence-corrected chi connectivity index (χ0v) is 17.9. The fraction of sp³-hybridized carbons (Fsp3) is 0.115. The van der Waals surface area contributed by atoms with Crippen LogP contribution in [0.4, 0.5) is 5.69 Å². The Morgan fingerprint density at radius 1 is 1.03 bits per heavy atom. The molecule has 7 nitrogen and oxygen atoms in total. The number of esters is 1. The van der Waals surface area contributed by atoms with Crippen molar-refractivity contribution >= 4 is 23.1 Å².